The molecule has 1 aliphatic heterocycles. The number of hydrogen-bond acceptors (Lipinski definition) is 3. The van der Waals surface area contributed by atoms with E-state index in [1.807, 2.05) is 29.7 Å². The van der Waals surface area contributed by atoms with E-state index in [0.29, 0.717) is 25.5 Å². The fraction of sp³-hybridized carbons (Fsp3) is 0.333. The minimum Gasteiger partial charge on any atom is -0.372 e. The lowest BCUT2D eigenvalue weighted by molar-refractivity contribution is 0.0816. The molecule has 1 aromatic carbocycles. The van der Waals surface area contributed by atoms with Gasteiger partial charge in [-0.1, -0.05) is 29.8 Å². The molecule has 0 atom stereocenters. The second-order valence-electron chi connectivity index (χ2n) is 4.96. The predicted molar refractivity (Wildman–Crippen MR) is 74.2 cm³/mol. The number of fused-ring (bicyclic) bond motifs is 1. The van der Waals surface area contributed by atoms with Crippen LogP contribution in [0.5, 0.6) is 0 Å². The summed E-state index contributed by atoms with van der Waals surface area (Å²) in [5, 5.41) is 2.90. The van der Waals surface area contributed by atoms with E-state index in [4.69, 9.17) is 4.74 Å². The number of hydrogen-bond donors (Lipinski definition) is 1. The van der Waals surface area contributed by atoms with Crippen molar-refractivity contribution < 1.29 is 9.53 Å². The van der Waals surface area contributed by atoms with Gasteiger partial charge in [-0.2, -0.15) is 0 Å². The molecule has 5 heteroatoms. The number of carbonyl (C=O) groups excluding carboxylic acids is 1. The summed E-state index contributed by atoms with van der Waals surface area (Å²) in [4.78, 5) is 16.4. The Hall–Kier alpha value is -2.14. The van der Waals surface area contributed by atoms with Gasteiger partial charge in [-0.05, 0) is 12.5 Å². The lowest BCUT2D eigenvalue weighted by Crippen LogP contribution is -2.23. The molecule has 3 rings (SSSR count). The first-order valence-corrected chi connectivity index (χ1v) is 6.70. The van der Waals surface area contributed by atoms with Crippen LogP contribution < -0.4 is 5.32 Å². The Morgan fingerprint density at radius 3 is 3.20 bits per heavy atom. The Kier molecular flexibility index (Phi) is 3.52. The molecule has 1 aliphatic rings. The van der Waals surface area contributed by atoms with Crippen molar-refractivity contribution in [2.45, 2.75) is 26.6 Å². The van der Waals surface area contributed by atoms with Crippen molar-refractivity contribution in [1.29, 1.82) is 0 Å². The van der Waals surface area contributed by atoms with Crippen LogP contribution in [-0.4, -0.2) is 22.1 Å². The first-order chi connectivity index (χ1) is 9.72. The average molecular weight is 271 g/mol. The first kappa shape index (κ1) is 12.9. The SMILES string of the molecule is Cc1cccc(CNC(=O)c2cn3c(n2)COCC3)c1. The zero-order valence-corrected chi connectivity index (χ0v) is 11.4. The number of benzene rings is 1. The van der Waals surface area contributed by atoms with Gasteiger partial charge in [0.15, 0.2) is 0 Å². The summed E-state index contributed by atoms with van der Waals surface area (Å²) in [7, 11) is 0. The number of amides is 1. The molecule has 1 N–H and O–H groups in total. The van der Waals surface area contributed by atoms with Crippen molar-refractivity contribution in [2.75, 3.05) is 6.61 Å². The van der Waals surface area contributed by atoms with Crippen LogP contribution in [0.1, 0.15) is 27.4 Å². The van der Waals surface area contributed by atoms with Crippen LogP contribution in [0.2, 0.25) is 0 Å². The molecule has 0 unspecified atom stereocenters. The van der Waals surface area contributed by atoms with Gasteiger partial charge in [-0.15, -0.1) is 0 Å². The summed E-state index contributed by atoms with van der Waals surface area (Å²) in [5.74, 6) is 0.672. The maximum Gasteiger partial charge on any atom is 0.271 e. The number of nitrogens with one attached hydrogen (secondary N) is 1. The number of aromatic nitrogens is 2. The number of ether oxygens (including phenoxy) is 1. The number of imidazole rings is 1. The summed E-state index contributed by atoms with van der Waals surface area (Å²) < 4.78 is 7.29. The Bertz CT molecular complexity index is 610. The molecule has 20 heavy (non-hydrogen) atoms. The smallest absolute Gasteiger partial charge is 0.271 e. The maximum absolute atomic E-state index is 12.1. The third-order valence-electron chi connectivity index (χ3n) is 3.34. The van der Waals surface area contributed by atoms with Gasteiger partial charge in [-0.25, -0.2) is 4.98 Å². The van der Waals surface area contributed by atoms with Crippen LogP contribution in [0.15, 0.2) is 30.5 Å². The normalized spacial score (nSPS) is 13.8. The highest BCUT2D eigenvalue weighted by atomic mass is 16.5. The molecular formula is C15H17N3O2. The zero-order valence-electron chi connectivity index (χ0n) is 11.4. The number of rotatable bonds is 3. The van der Waals surface area contributed by atoms with Crippen LogP contribution in [-0.2, 0) is 24.4 Å². The van der Waals surface area contributed by atoms with Gasteiger partial charge >= 0.3 is 0 Å². The van der Waals surface area contributed by atoms with Crippen molar-refractivity contribution in [3.63, 3.8) is 0 Å². The van der Waals surface area contributed by atoms with Crippen molar-refractivity contribution in [3.8, 4) is 0 Å². The highest BCUT2D eigenvalue weighted by Gasteiger charge is 2.16. The molecule has 0 spiro atoms. The fourth-order valence-electron chi connectivity index (χ4n) is 2.29. The Balaban J connectivity index is 1.66. The molecule has 1 aromatic heterocycles. The molecule has 2 heterocycles. The average Bonchev–Trinajstić information content (AvgIpc) is 2.89. The highest BCUT2D eigenvalue weighted by Crippen LogP contribution is 2.10. The molecule has 1 amide bonds. The van der Waals surface area contributed by atoms with Crippen LogP contribution in [0.25, 0.3) is 0 Å². The number of nitrogens with zero attached hydrogens (tertiary/aromatic N) is 2. The third-order valence-corrected chi connectivity index (χ3v) is 3.34. The van der Waals surface area contributed by atoms with Gasteiger partial charge in [0.25, 0.3) is 5.91 Å². The van der Waals surface area contributed by atoms with Crippen LogP contribution >= 0.6 is 0 Å². The Morgan fingerprint density at radius 1 is 1.50 bits per heavy atom. The topological polar surface area (TPSA) is 56.2 Å². The van der Waals surface area contributed by atoms with Gasteiger partial charge in [0, 0.05) is 19.3 Å². The van der Waals surface area contributed by atoms with Crippen LogP contribution in [0.3, 0.4) is 0 Å². The standard InChI is InChI=1S/C15H17N3O2/c1-11-3-2-4-12(7-11)8-16-15(19)13-9-18-5-6-20-10-14(18)17-13/h2-4,7,9H,5-6,8,10H2,1H3,(H,16,19). The summed E-state index contributed by atoms with van der Waals surface area (Å²) >= 11 is 0. The van der Waals surface area contributed by atoms with Crippen LogP contribution in [0.4, 0.5) is 0 Å². The molecular weight excluding hydrogens is 254 g/mol. The largest absolute Gasteiger partial charge is 0.372 e. The van der Waals surface area contributed by atoms with Crippen molar-refractivity contribution >= 4 is 5.91 Å². The highest BCUT2D eigenvalue weighted by molar-refractivity contribution is 5.92. The lowest BCUT2D eigenvalue weighted by atomic mass is 10.1. The Labute approximate surface area is 117 Å². The van der Waals surface area contributed by atoms with Crippen molar-refractivity contribution in [1.82, 2.24) is 14.9 Å². The van der Waals surface area contributed by atoms with E-state index >= 15 is 0 Å². The van der Waals surface area contributed by atoms with E-state index in [2.05, 4.69) is 16.4 Å². The molecule has 104 valence electrons. The predicted octanol–water partition coefficient (Wildman–Crippen LogP) is 1.65. The molecule has 0 saturated carbocycles. The Morgan fingerprint density at radius 2 is 2.40 bits per heavy atom. The quantitative estimate of drug-likeness (QED) is 0.923. The number of carbonyl (C=O) groups is 1. The molecule has 0 bridgehead atoms. The summed E-state index contributed by atoms with van der Waals surface area (Å²) in [6, 6.07) is 8.09. The third kappa shape index (κ3) is 2.72. The molecule has 0 saturated heterocycles. The second kappa shape index (κ2) is 5.46. The van der Waals surface area contributed by atoms with E-state index in [1.54, 1.807) is 6.20 Å². The van der Waals surface area contributed by atoms with E-state index in [9.17, 15) is 4.79 Å². The van der Waals surface area contributed by atoms with Gasteiger partial charge in [0.2, 0.25) is 0 Å². The van der Waals surface area contributed by atoms with E-state index in [0.717, 1.165) is 17.9 Å². The van der Waals surface area contributed by atoms with Gasteiger partial charge in [0.05, 0.1) is 6.61 Å². The van der Waals surface area contributed by atoms with Gasteiger partial charge in [0.1, 0.15) is 18.1 Å². The van der Waals surface area contributed by atoms with Crippen molar-refractivity contribution in [3.05, 3.63) is 53.1 Å². The molecule has 0 aliphatic carbocycles. The van der Waals surface area contributed by atoms with Gasteiger partial charge in [-0.3, -0.25) is 4.79 Å². The molecule has 0 fully saturated rings. The molecule has 2 aromatic rings. The molecule has 5 nitrogen and oxygen atoms in total. The first-order valence-electron chi connectivity index (χ1n) is 6.70. The maximum atomic E-state index is 12.1. The van der Waals surface area contributed by atoms with Gasteiger partial charge < -0.3 is 14.6 Å². The summed E-state index contributed by atoms with van der Waals surface area (Å²) in [6.07, 6.45) is 1.80. The minimum atomic E-state index is -0.145. The van der Waals surface area contributed by atoms with Crippen LogP contribution in [0, 0.1) is 6.92 Å². The van der Waals surface area contributed by atoms with E-state index < -0.39 is 0 Å². The summed E-state index contributed by atoms with van der Waals surface area (Å²) in [6.45, 7) is 4.46. The number of aryl methyl sites for hydroxylation is 1. The monoisotopic (exact) mass is 271 g/mol. The summed E-state index contributed by atoms with van der Waals surface area (Å²) in [5.41, 5.74) is 2.73. The van der Waals surface area contributed by atoms with E-state index in [1.165, 1.54) is 5.56 Å². The van der Waals surface area contributed by atoms with E-state index in [-0.39, 0.29) is 5.91 Å². The van der Waals surface area contributed by atoms with Crippen molar-refractivity contribution in [2.24, 2.45) is 0 Å². The second-order valence-corrected chi connectivity index (χ2v) is 4.96. The lowest BCUT2D eigenvalue weighted by Gasteiger charge is -2.13. The zero-order chi connectivity index (χ0) is 13.9. The fourth-order valence-corrected chi connectivity index (χ4v) is 2.29. The minimum absolute atomic E-state index is 0.145. The molecule has 0 radical (unpaired) electrons.